The first-order chi connectivity index (χ1) is 6.65. The van der Waals surface area contributed by atoms with E-state index in [0.29, 0.717) is 17.7 Å². The van der Waals surface area contributed by atoms with Crippen molar-refractivity contribution in [2.45, 2.75) is 26.4 Å². The average Bonchev–Trinajstić information content (AvgIpc) is 2.61. The molecule has 0 aromatic carbocycles. The number of rotatable bonds is 4. The van der Waals surface area contributed by atoms with Crippen molar-refractivity contribution in [3.63, 3.8) is 0 Å². The van der Waals surface area contributed by atoms with Crippen molar-refractivity contribution in [1.29, 1.82) is 0 Å². The van der Waals surface area contributed by atoms with Crippen LogP contribution >= 0.6 is 0 Å². The topological polar surface area (TPSA) is 62.5 Å². The highest BCUT2D eigenvalue weighted by atomic mass is 16.3. The molecule has 1 rings (SSSR count). The second kappa shape index (κ2) is 4.81. The lowest BCUT2D eigenvalue weighted by Gasteiger charge is -2.06. The molecule has 0 radical (unpaired) electrons. The molecule has 14 heavy (non-hydrogen) atoms. The van der Waals surface area contributed by atoms with Crippen molar-refractivity contribution in [2.24, 2.45) is 0 Å². The van der Waals surface area contributed by atoms with E-state index in [4.69, 9.17) is 9.52 Å². The number of carbonyl (C=O) groups is 1. The van der Waals surface area contributed by atoms with Crippen molar-refractivity contribution in [3.8, 4) is 0 Å². The third-order valence-corrected chi connectivity index (χ3v) is 1.87. The van der Waals surface area contributed by atoms with Crippen LogP contribution in [0.3, 0.4) is 0 Å². The van der Waals surface area contributed by atoms with Gasteiger partial charge in [-0.1, -0.05) is 6.92 Å². The van der Waals surface area contributed by atoms with Gasteiger partial charge in [-0.25, -0.2) is 0 Å². The zero-order valence-corrected chi connectivity index (χ0v) is 8.41. The molecule has 4 nitrogen and oxygen atoms in total. The monoisotopic (exact) mass is 197 g/mol. The summed E-state index contributed by atoms with van der Waals surface area (Å²) in [5.74, 6) is 0.476. The molecule has 0 bridgehead atoms. The third kappa shape index (κ3) is 2.60. The highest BCUT2D eigenvalue weighted by molar-refractivity contribution is 5.95. The Bertz CT molecular complexity index is 304. The Labute approximate surface area is 82.9 Å². The highest BCUT2D eigenvalue weighted by Crippen LogP contribution is 2.10. The van der Waals surface area contributed by atoms with Crippen LogP contribution in [0.25, 0.3) is 0 Å². The third-order valence-electron chi connectivity index (χ3n) is 1.87. The maximum absolute atomic E-state index is 11.5. The van der Waals surface area contributed by atoms with Gasteiger partial charge in [-0.05, 0) is 13.0 Å². The van der Waals surface area contributed by atoms with Gasteiger partial charge in [-0.2, -0.15) is 0 Å². The van der Waals surface area contributed by atoms with Gasteiger partial charge in [0.2, 0.25) is 0 Å². The first kappa shape index (κ1) is 10.8. The van der Waals surface area contributed by atoms with Gasteiger partial charge in [-0.15, -0.1) is 0 Å². The number of hydrogen-bond acceptors (Lipinski definition) is 3. The maximum Gasteiger partial charge on any atom is 0.254 e. The lowest BCUT2D eigenvalue weighted by atomic mass is 10.2. The molecule has 0 aliphatic rings. The van der Waals surface area contributed by atoms with Gasteiger partial charge in [0.15, 0.2) is 0 Å². The molecule has 2 N–H and O–H groups in total. The molecular formula is C10H15NO3. The SMILES string of the molecule is CCc1occc1C(=O)NC[C@H](C)O. The van der Waals surface area contributed by atoms with Crippen molar-refractivity contribution < 1.29 is 14.3 Å². The molecule has 0 aliphatic heterocycles. The molecule has 1 atom stereocenters. The van der Waals surface area contributed by atoms with Crippen LogP contribution in [0.5, 0.6) is 0 Å². The molecule has 0 spiro atoms. The molecule has 1 heterocycles. The smallest absolute Gasteiger partial charge is 0.254 e. The summed E-state index contributed by atoms with van der Waals surface area (Å²) in [4.78, 5) is 11.5. The summed E-state index contributed by atoms with van der Waals surface area (Å²) in [6, 6.07) is 1.64. The Kier molecular flexibility index (Phi) is 3.71. The minimum Gasteiger partial charge on any atom is -0.469 e. The summed E-state index contributed by atoms with van der Waals surface area (Å²) in [6.45, 7) is 3.80. The van der Waals surface area contributed by atoms with E-state index in [1.165, 1.54) is 6.26 Å². The molecule has 0 fully saturated rings. The van der Waals surface area contributed by atoms with E-state index in [9.17, 15) is 4.79 Å². The second-order valence-electron chi connectivity index (χ2n) is 3.17. The molecule has 1 aromatic heterocycles. The zero-order chi connectivity index (χ0) is 10.6. The van der Waals surface area contributed by atoms with Gasteiger partial charge in [-0.3, -0.25) is 4.79 Å². The lowest BCUT2D eigenvalue weighted by Crippen LogP contribution is -2.30. The number of nitrogens with one attached hydrogen (secondary N) is 1. The van der Waals surface area contributed by atoms with Crippen molar-refractivity contribution in [3.05, 3.63) is 23.7 Å². The van der Waals surface area contributed by atoms with Crippen LogP contribution in [0.1, 0.15) is 30.0 Å². The maximum atomic E-state index is 11.5. The summed E-state index contributed by atoms with van der Waals surface area (Å²) in [5, 5.41) is 11.6. The molecule has 78 valence electrons. The number of amides is 1. The number of hydrogen-bond donors (Lipinski definition) is 2. The van der Waals surface area contributed by atoms with Gasteiger partial charge < -0.3 is 14.8 Å². The summed E-state index contributed by atoms with van der Waals surface area (Å²) in [6.07, 6.45) is 1.65. The van der Waals surface area contributed by atoms with E-state index in [0.717, 1.165) is 0 Å². The van der Waals surface area contributed by atoms with E-state index in [2.05, 4.69) is 5.32 Å². The van der Waals surface area contributed by atoms with Crippen molar-refractivity contribution >= 4 is 5.91 Å². The molecule has 0 saturated heterocycles. The molecular weight excluding hydrogens is 182 g/mol. The molecule has 0 saturated carbocycles. The standard InChI is InChI=1S/C10H15NO3/c1-3-9-8(4-5-14-9)10(13)11-6-7(2)12/h4-5,7,12H,3,6H2,1-2H3,(H,11,13)/t7-/m0/s1. The lowest BCUT2D eigenvalue weighted by molar-refractivity contribution is 0.0922. The second-order valence-corrected chi connectivity index (χ2v) is 3.17. The molecule has 1 aromatic rings. The fraction of sp³-hybridized carbons (Fsp3) is 0.500. The zero-order valence-electron chi connectivity index (χ0n) is 8.41. The molecule has 1 amide bonds. The predicted octanol–water partition coefficient (Wildman–Crippen LogP) is 0.953. The van der Waals surface area contributed by atoms with Crippen LogP contribution in [-0.4, -0.2) is 23.7 Å². The number of furan rings is 1. The first-order valence-corrected chi connectivity index (χ1v) is 4.67. The summed E-state index contributed by atoms with van der Waals surface area (Å²) in [7, 11) is 0. The fourth-order valence-electron chi connectivity index (χ4n) is 1.15. The Morgan fingerprint density at radius 1 is 1.71 bits per heavy atom. The van der Waals surface area contributed by atoms with Crippen LogP contribution in [-0.2, 0) is 6.42 Å². The minimum atomic E-state index is -0.532. The van der Waals surface area contributed by atoms with Gasteiger partial charge >= 0.3 is 0 Å². The van der Waals surface area contributed by atoms with Crippen molar-refractivity contribution in [2.75, 3.05) is 6.54 Å². The van der Waals surface area contributed by atoms with Crippen molar-refractivity contribution in [1.82, 2.24) is 5.32 Å². The predicted molar refractivity (Wildman–Crippen MR) is 52.1 cm³/mol. The first-order valence-electron chi connectivity index (χ1n) is 4.67. The van der Waals surface area contributed by atoms with Crippen LogP contribution in [0, 0.1) is 0 Å². The Balaban J connectivity index is 2.60. The van der Waals surface area contributed by atoms with Crippen LogP contribution < -0.4 is 5.32 Å². The molecule has 4 heteroatoms. The fourth-order valence-corrected chi connectivity index (χ4v) is 1.15. The Morgan fingerprint density at radius 2 is 2.43 bits per heavy atom. The normalized spacial score (nSPS) is 12.5. The molecule has 0 aliphatic carbocycles. The molecule has 0 unspecified atom stereocenters. The van der Waals surface area contributed by atoms with E-state index >= 15 is 0 Å². The van der Waals surface area contributed by atoms with Gasteiger partial charge in [0.05, 0.1) is 17.9 Å². The summed E-state index contributed by atoms with van der Waals surface area (Å²) >= 11 is 0. The average molecular weight is 197 g/mol. The number of aryl methyl sites for hydroxylation is 1. The van der Waals surface area contributed by atoms with Crippen LogP contribution in [0.2, 0.25) is 0 Å². The highest BCUT2D eigenvalue weighted by Gasteiger charge is 2.12. The summed E-state index contributed by atoms with van der Waals surface area (Å²) < 4.78 is 5.12. The Morgan fingerprint density at radius 3 is 3.00 bits per heavy atom. The van der Waals surface area contributed by atoms with Gasteiger partial charge in [0.1, 0.15) is 5.76 Å². The van der Waals surface area contributed by atoms with Gasteiger partial charge in [0, 0.05) is 13.0 Å². The number of aliphatic hydroxyl groups excluding tert-OH is 1. The largest absolute Gasteiger partial charge is 0.469 e. The number of carbonyl (C=O) groups excluding carboxylic acids is 1. The van der Waals surface area contributed by atoms with Crippen LogP contribution in [0.15, 0.2) is 16.7 Å². The van der Waals surface area contributed by atoms with E-state index in [-0.39, 0.29) is 12.5 Å². The Hall–Kier alpha value is -1.29. The van der Waals surface area contributed by atoms with Crippen LogP contribution in [0.4, 0.5) is 0 Å². The van der Waals surface area contributed by atoms with E-state index < -0.39 is 6.10 Å². The summed E-state index contributed by atoms with van der Waals surface area (Å²) in [5.41, 5.74) is 0.549. The number of aliphatic hydroxyl groups is 1. The quantitative estimate of drug-likeness (QED) is 0.755. The van der Waals surface area contributed by atoms with E-state index in [1.54, 1.807) is 13.0 Å². The van der Waals surface area contributed by atoms with Gasteiger partial charge in [0.25, 0.3) is 5.91 Å². The van der Waals surface area contributed by atoms with E-state index in [1.807, 2.05) is 6.92 Å². The minimum absolute atomic E-state index is 0.198.